The molecule has 2 aromatic carbocycles. The standard InChI is InChI=1S/C19H18N4O6/c1-10-5-13(23(26)27)6-12(18(10)24)9-20-22-11(2)21-15-8-17(29-4)16(28-3)7-14(15)19(22)25/h5-9,24H,1-4H3/p-1. The van der Waals surface area contributed by atoms with Crippen LogP contribution in [0.1, 0.15) is 17.0 Å². The van der Waals surface area contributed by atoms with Crippen molar-refractivity contribution < 1.29 is 19.5 Å². The lowest BCUT2D eigenvalue weighted by molar-refractivity contribution is -0.385. The maximum atomic E-state index is 12.9. The minimum Gasteiger partial charge on any atom is -0.872 e. The van der Waals surface area contributed by atoms with Gasteiger partial charge in [-0.2, -0.15) is 9.78 Å². The van der Waals surface area contributed by atoms with Crippen LogP contribution < -0.4 is 20.1 Å². The van der Waals surface area contributed by atoms with E-state index < -0.39 is 16.2 Å². The number of aryl methyl sites for hydroxylation is 2. The highest BCUT2D eigenvalue weighted by molar-refractivity contribution is 5.85. The van der Waals surface area contributed by atoms with E-state index in [1.165, 1.54) is 33.3 Å². The van der Waals surface area contributed by atoms with Gasteiger partial charge in [-0.1, -0.05) is 11.3 Å². The molecular formula is C19H17N4O6-. The Kier molecular flexibility index (Phi) is 5.18. The van der Waals surface area contributed by atoms with Gasteiger partial charge in [-0.25, -0.2) is 4.98 Å². The molecular weight excluding hydrogens is 380 g/mol. The molecule has 0 N–H and O–H groups in total. The van der Waals surface area contributed by atoms with Gasteiger partial charge in [0.05, 0.1) is 36.3 Å². The summed E-state index contributed by atoms with van der Waals surface area (Å²) in [4.78, 5) is 27.7. The van der Waals surface area contributed by atoms with Crippen LogP contribution in [0.3, 0.4) is 0 Å². The summed E-state index contributed by atoms with van der Waals surface area (Å²) in [6.45, 7) is 3.05. The molecule has 0 saturated carbocycles. The van der Waals surface area contributed by atoms with Crippen LogP contribution in [0.25, 0.3) is 10.9 Å². The van der Waals surface area contributed by atoms with Crippen molar-refractivity contribution in [3.63, 3.8) is 0 Å². The summed E-state index contributed by atoms with van der Waals surface area (Å²) in [5.41, 5.74) is -0.124. The second-order valence-corrected chi connectivity index (χ2v) is 6.18. The number of nitrogens with zero attached hydrogens (tertiary/aromatic N) is 4. The van der Waals surface area contributed by atoms with Crippen LogP contribution >= 0.6 is 0 Å². The minimum absolute atomic E-state index is 0.00425. The summed E-state index contributed by atoms with van der Waals surface area (Å²) in [6, 6.07) is 5.37. The molecule has 0 unspecified atom stereocenters. The molecule has 1 heterocycles. The van der Waals surface area contributed by atoms with Crippen molar-refractivity contribution in [3.05, 3.63) is 61.7 Å². The topological polar surface area (TPSA) is 132 Å². The average molecular weight is 397 g/mol. The number of methoxy groups -OCH3 is 2. The fraction of sp³-hybridized carbons (Fsp3) is 0.211. The Hall–Kier alpha value is -3.95. The van der Waals surface area contributed by atoms with E-state index in [9.17, 15) is 20.0 Å². The Morgan fingerprint density at radius 3 is 2.41 bits per heavy atom. The van der Waals surface area contributed by atoms with Crippen LogP contribution in [0, 0.1) is 24.0 Å². The van der Waals surface area contributed by atoms with Gasteiger partial charge in [-0.15, -0.1) is 0 Å². The quantitative estimate of drug-likeness (QED) is 0.365. The van der Waals surface area contributed by atoms with Crippen LogP contribution in [0.5, 0.6) is 17.2 Å². The SMILES string of the molecule is COc1cc2nc(C)n(N=Cc3cc([N+](=O)[O-])cc(C)c3[O-])c(=O)c2cc1OC. The van der Waals surface area contributed by atoms with Gasteiger partial charge in [0.15, 0.2) is 11.5 Å². The zero-order chi connectivity index (χ0) is 21.3. The normalized spacial score (nSPS) is 11.2. The van der Waals surface area contributed by atoms with Crippen molar-refractivity contribution >= 4 is 22.8 Å². The first-order chi connectivity index (χ1) is 13.8. The summed E-state index contributed by atoms with van der Waals surface area (Å²) in [7, 11) is 2.92. The van der Waals surface area contributed by atoms with Crippen molar-refractivity contribution in [3.8, 4) is 17.2 Å². The van der Waals surface area contributed by atoms with E-state index in [0.29, 0.717) is 17.0 Å². The molecule has 3 aromatic rings. The van der Waals surface area contributed by atoms with Crippen molar-refractivity contribution in [2.45, 2.75) is 13.8 Å². The molecule has 0 radical (unpaired) electrons. The summed E-state index contributed by atoms with van der Waals surface area (Å²) in [5.74, 6) is 0.635. The summed E-state index contributed by atoms with van der Waals surface area (Å²) in [6.07, 6.45) is 1.12. The van der Waals surface area contributed by atoms with Gasteiger partial charge < -0.3 is 14.6 Å². The lowest BCUT2D eigenvalue weighted by Crippen LogP contribution is -2.21. The van der Waals surface area contributed by atoms with E-state index in [1.807, 2.05) is 0 Å². The van der Waals surface area contributed by atoms with Gasteiger partial charge in [0.1, 0.15) is 5.82 Å². The van der Waals surface area contributed by atoms with Crippen LogP contribution in [0.2, 0.25) is 0 Å². The Morgan fingerprint density at radius 1 is 1.14 bits per heavy atom. The fourth-order valence-electron chi connectivity index (χ4n) is 2.85. The molecule has 0 amide bonds. The Balaban J connectivity index is 2.16. The molecule has 0 spiro atoms. The van der Waals surface area contributed by atoms with Gasteiger partial charge >= 0.3 is 0 Å². The number of ether oxygens (including phenoxy) is 2. The van der Waals surface area contributed by atoms with Crippen molar-refractivity contribution in [1.29, 1.82) is 0 Å². The van der Waals surface area contributed by atoms with Crippen LogP contribution in [0.4, 0.5) is 5.69 Å². The van der Waals surface area contributed by atoms with Gasteiger partial charge in [-0.3, -0.25) is 14.9 Å². The molecule has 0 aliphatic rings. The second kappa shape index (κ2) is 7.58. The molecule has 29 heavy (non-hydrogen) atoms. The van der Waals surface area contributed by atoms with Gasteiger partial charge in [0.2, 0.25) is 0 Å². The van der Waals surface area contributed by atoms with E-state index in [-0.39, 0.29) is 28.0 Å². The third kappa shape index (κ3) is 3.59. The number of nitro benzene ring substituents is 1. The molecule has 0 atom stereocenters. The number of fused-ring (bicyclic) bond motifs is 1. The van der Waals surface area contributed by atoms with Crippen molar-refractivity contribution in [2.24, 2.45) is 5.10 Å². The molecule has 3 rings (SSSR count). The molecule has 0 aliphatic carbocycles. The third-order valence-electron chi connectivity index (χ3n) is 4.32. The lowest BCUT2D eigenvalue weighted by Gasteiger charge is -2.14. The monoisotopic (exact) mass is 397 g/mol. The molecule has 0 aliphatic heterocycles. The van der Waals surface area contributed by atoms with Crippen LogP contribution in [0.15, 0.2) is 34.2 Å². The van der Waals surface area contributed by atoms with Crippen LogP contribution in [-0.2, 0) is 0 Å². The lowest BCUT2D eigenvalue weighted by atomic mass is 10.1. The Morgan fingerprint density at radius 2 is 1.79 bits per heavy atom. The highest BCUT2D eigenvalue weighted by Crippen LogP contribution is 2.30. The van der Waals surface area contributed by atoms with Crippen molar-refractivity contribution in [1.82, 2.24) is 9.66 Å². The van der Waals surface area contributed by atoms with Gasteiger partial charge in [-0.05, 0) is 25.5 Å². The predicted octanol–water partition coefficient (Wildman–Crippen LogP) is 1.89. The third-order valence-corrected chi connectivity index (χ3v) is 4.32. The highest BCUT2D eigenvalue weighted by Gasteiger charge is 2.13. The molecule has 0 saturated heterocycles. The molecule has 10 nitrogen and oxygen atoms in total. The molecule has 0 bridgehead atoms. The zero-order valence-corrected chi connectivity index (χ0v) is 16.1. The van der Waals surface area contributed by atoms with Crippen LogP contribution in [-0.4, -0.2) is 35.0 Å². The minimum atomic E-state index is -0.599. The maximum absolute atomic E-state index is 12.9. The second-order valence-electron chi connectivity index (χ2n) is 6.18. The van der Waals surface area contributed by atoms with Crippen molar-refractivity contribution in [2.75, 3.05) is 14.2 Å². The molecule has 0 fully saturated rings. The average Bonchev–Trinajstić information content (AvgIpc) is 2.69. The van der Waals surface area contributed by atoms with E-state index >= 15 is 0 Å². The Bertz CT molecular complexity index is 1220. The largest absolute Gasteiger partial charge is 0.872 e. The summed E-state index contributed by atoms with van der Waals surface area (Å²) >= 11 is 0. The molecule has 1 aromatic heterocycles. The predicted molar refractivity (Wildman–Crippen MR) is 104 cm³/mol. The van der Waals surface area contributed by atoms with Gasteiger partial charge in [0, 0.05) is 18.2 Å². The summed E-state index contributed by atoms with van der Waals surface area (Å²) in [5, 5.41) is 27.6. The fourth-order valence-corrected chi connectivity index (χ4v) is 2.85. The number of benzene rings is 2. The van der Waals surface area contributed by atoms with E-state index in [4.69, 9.17) is 9.47 Å². The molecule has 150 valence electrons. The smallest absolute Gasteiger partial charge is 0.282 e. The zero-order valence-electron chi connectivity index (χ0n) is 16.1. The number of nitro groups is 1. The van der Waals surface area contributed by atoms with E-state index in [0.717, 1.165) is 17.0 Å². The van der Waals surface area contributed by atoms with E-state index in [2.05, 4.69) is 10.1 Å². The van der Waals surface area contributed by atoms with E-state index in [1.54, 1.807) is 13.0 Å². The molecule has 10 heteroatoms. The number of aromatic nitrogens is 2. The summed E-state index contributed by atoms with van der Waals surface area (Å²) < 4.78 is 11.5. The van der Waals surface area contributed by atoms with Gasteiger partial charge in [0.25, 0.3) is 11.2 Å². The first-order valence-electron chi connectivity index (χ1n) is 8.42. The highest BCUT2D eigenvalue weighted by atomic mass is 16.6. The number of non-ortho nitro benzene ring substituents is 1. The first kappa shape index (κ1) is 19.8. The number of rotatable bonds is 5. The maximum Gasteiger partial charge on any atom is 0.282 e. The number of hydrogen-bond donors (Lipinski definition) is 0. The first-order valence-corrected chi connectivity index (χ1v) is 8.42. The number of hydrogen-bond acceptors (Lipinski definition) is 8. The Labute approximate surface area is 164 Å².